The molecule has 0 aliphatic rings. The van der Waals surface area contributed by atoms with Gasteiger partial charge in [-0.2, -0.15) is 11.3 Å². The number of hydrogen-bond acceptors (Lipinski definition) is 5. The van der Waals surface area contributed by atoms with Gasteiger partial charge in [-0.1, -0.05) is 16.8 Å². The van der Waals surface area contributed by atoms with Crippen molar-refractivity contribution in [2.24, 2.45) is 0 Å². The molecule has 5 heteroatoms. The average molecular weight is 300 g/mol. The maximum Gasteiger partial charge on any atom is 0.178 e. The minimum atomic E-state index is 0.375. The number of benzene rings is 1. The maximum atomic E-state index is 6.05. The van der Waals surface area contributed by atoms with Crippen LogP contribution in [0.2, 0.25) is 0 Å². The molecule has 108 valence electrons. The third-order valence-corrected chi connectivity index (χ3v) is 4.30. The summed E-state index contributed by atoms with van der Waals surface area (Å²) in [5.41, 5.74) is 11.0. The fourth-order valence-electron chi connectivity index (χ4n) is 2.36. The van der Waals surface area contributed by atoms with Gasteiger partial charge in [0, 0.05) is 16.5 Å². The lowest BCUT2D eigenvalue weighted by Gasteiger charge is -2.09. The third kappa shape index (κ3) is 2.29. The number of aromatic nitrogens is 1. The van der Waals surface area contributed by atoms with E-state index in [2.05, 4.69) is 10.5 Å². The Labute approximate surface area is 127 Å². The molecule has 0 unspecified atom stereocenters. The van der Waals surface area contributed by atoms with Crippen molar-refractivity contribution >= 4 is 17.2 Å². The first-order chi connectivity index (χ1) is 10.1. The average Bonchev–Trinajstić information content (AvgIpc) is 3.04. The molecule has 0 saturated carbocycles. The predicted molar refractivity (Wildman–Crippen MR) is 85.7 cm³/mol. The van der Waals surface area contributed by atoms with Gasteiger partial charge in [-0.15, -0.1) is 0 Å². The molecule has 0 fully saturated rings. The molecule has 2 heterocycles. The number of rotatable bonds is 3. The zero-order valence-electron chi connectivity index (χ0n) is 12.1. The van der Waals surface area contributed by atoms with Gasteiger partial charge in [0.25, 0.3) is 0 Å². The smallest absolute Gasteiger partial charge is 0.178 e. The standard InChI is InChI=1S/C16H16N2O2S/c1-9-4-5-13(19-3)11(6-9)14-15(20-18-16(14)17)12-8-21-7-10(12)2/h4-8H,1-3H3,(H2,17,18). The molecule has 3 rings (SSSR count). The number of nitrogen functional groups attached to an aromatic ring is 1. The van der Waals surface area contributed by atoms with Crippen LogP contribution < -0.4 is 10.5 Å². The van der Waals surface area contributed by atoms with Crippen molar-refractivity contribution in [3.05, 3.63) is 40.1 Å². The Balaban J connectivity index is 2.27. The Morgan fingerprint density at radius 1 is 1.19 bits per heavy atom. The molecule has 2 N–H and O–H groups in total. The zero-order chi connectivity index (χ0) is 15.0. The molecular weight excluding hydrogens is 284 g/mol. The molecular formula is C16H16N2O2S. The Kier molecular flexibility index (Phi) is 3.43. The summed E-state index contributed by atoms with van der Waals surface area (Å²) in [4.78, 5) is 0. The van der Waals surface area contributed by atoms with E-state index in [9.17, 15) is 0 Å². The molecule has 0 aliphatic carbocycles. The second-order valence-electron chi connectivity index (χ2n) is 4.94. The van der Waals surface area contributed by atoms with Crippen LogP contribution in [0.4, 0.5) is 5.82 Å². The number of ether oxygens (including phenoxy) is 1. The predicted octanol–water partition coefficient (Wildman–Crippen LogP) is 4.28. The van der Waals surface area contributed by atoms with Crippen molar-refractivity contribution < 1.29 is 9.26 Å². The SMILES string of the molecule is COc1ccc(C)cc1-c1c(N)noc1-c1cscc1C. The molecule has 2 aromatic heterocycles. The van der Waals surface area contributed by atoms with Crippen molar-refractivity contribution in [2.45, 2.75) is 13.8 Å². The van der Waals surface area contributed by atoms with Crippen LogP contribution >= 0.6 is 11.3 Å². The van der Waals surface area contributed by atoms with Gasteiger partial charge in [0.15, 0.2) is 11.6 Å². The van der Waals surface area contributed by atoms with Gasteiger partial charge in [0.05, 0.1) is 12.7 Å². The number of thiophene rings is 1. The number of hydrogen-bond donors (Lipinski definition) is 1. The van der Waals surface area contributed by atoms with Crippen LogP contribution in [0, 0.1) is 13.8 Å². The van der Waals surface area contributed by atoms with E-state index in [4.69, 9.17) is 15.0 Å². The summed E-state index contributed by atoms with van der Waals surface area (Å²) in [6.45, 7) is 4.07. The van der Waals surface area contributed by atoms with Crippen molar-refractivity contribution in [1.82, 2.24) is 5.16 Å². The Morgan fingerprint density at radius 2 is 2.00 bits per heavy atom. The van der Waals surface area contributed by atoms with E-state index in [0.29, 0.717) is 11.6 Å². The lowest BCUT2D eigenvalue weighted by atomic mass is 9.99. The quantitative estimate of drug-likeness (QED) is 0.784. The van der Waals surface area contributed by atoms with Gasteiger partial charge in [0.2, 0.25) is 0 Å². The molecule has 0 amide bonds. The van der Waals surface area contributed by atoms with Gasteiger partial charge >= 0.3 is 0 Å². The highest BCUT2D eigenvalue weighted by Gasteiger charge is 2.22. The van der Waals surface area contributed by atoms with E-state index >= 15 is 0 Å². The summed E-state index contributed by atoms with van der Waals surface area (Å²) < 4.78 is 10.9. The van der Waals surface area contributed by atoms with Crippen molar-refractivity contribution in [3.8, 4) is 28.2 Å². The minimum Gasteiger partial charge on any atom is -0.496 e. The number of methoxy groups -OCH3 is 1. The highest BCUT2D eigenvalue weighted by atomic mass is 32.1. The van der Waals surface area contributed by atoms with Crippen LogP contribution in [-0.4, -0.2) is 12.3 Å². The van der Waals surface area contributed by atoms with Crippen molar-refractivity contribution in [3.63, 3.8) is 0 Å². The summed E-state index contributed by atoms with van der Waals surface area (Å²) in [5, 5.41) is 8.06. The first-order valence-electron chi connectivity index (χ1n) is 6.55. The summed E-state index contributed by atoms with van der Waals surface area (Å²) in [6, 6.07) is 5.97. The molecule has 4 nitrogen and oxygen atoms in total. The van der Waals surface area contributed by atoms with Crippen LogP contribution in [0.1, 0.15) is 11.1 Å². The molecule has 0 bridgehead atoms. The highest BCUT2D eigenvalue weighted by molar-refractivity contribution is 7.08. The Morgan fingerprint density at radius 3 is 2.67 bits per heavy atom. The number of nitrogens with two attached hydrogens (primary N) is 1. The molecule has 0 radical (unpaired) electrons. The molecule has 0 atom stereocenters. The third-order valence-electron chi connectivity index (χ3n) is 3.44. The first kappa shape index (κ1) is 13.7. The number of nitrogens with zero attached hydrogens (tertiary/aromatic N) is 1. The van der Waals surface area contributed by atoms with Crippen molar-refractivity contribution in [2.75, 3.05) is 12.8 Å². The molecule has 0 spiro atoms. The van der Waals surface area contributed by atoms with Crippen LogP contribution in [-0.2, 0) is 0 Å². The topological polar surface area (TPSA) is 61.3 Å². The number of anilines is 1. The summed E-state index contributed by atoms with van der Waals surface area (Å²) in [7, 11) is 1.65. The zero-order valence-corrected chi connectivity index (χ0v) is 13.0. The molecule has 0 saturated heterocycles. The first-order valence-corrected chi connectivity index (χ1v) is 7.49. The Hall–Kier alpha value is -2.27. The van der Waals surface area contributed by atoms with E-state index in [1.165, 1.54) is 0 Å². The summed E-state index contributed by atoms with van der Waals surface area (Å²) in [5.74, 6) is 1.82. The van der Waals surface area contributed by atoms with Crippen LogP contribution in [0.15, 0.2) is 33.5 Å². The maximum absolute atomic E-state index is 6.05. The number of aryl methyl sites for hydroxylation is 2. The van der Waals surface area contributed by atoms with Gasteiger partial charge in [-0.25, -0.2) is 0 Å². The van der Waals surface area contributed by atoms with Crippen LogP contribution in [0.5, 0.6) is 5.75 Å². The van der Waals surface area contributed by atoms with Gasteiger partial charge in [-0.3, -0.25) is 0 Å². The second kappa shape index (κ2) is 5.26. The second-order valence-corrected chi connectivity index (χ2v) is 5.69. The van der Waals surface area contributed by atoms with E-state index < -0.39 is 0 Å². The summed E-state index contributed by atoms with van der Waals surface area (Å²) >= 11 is 1.63. The van der Waals surface area contributed by atoms with E-state index in [0.717, 1.165) is 33.6 Å². The summed E-state index contributed by atoms with van der Waals surface area (Å²) in [6.07, 6.45) is 0. The van der Waals surface area contributed by atoms with Gasteiger partial charge < -0.3 is 15.0 Å². The van der Waals surface area contributed by atoms with E-state index in [-0.39, 0.29) is 0 Å². The Bertz CT molecular complexity index is 789. The molecule has 1 aromatic carbocycles. The minimum absolute atomic E-state index is 0.375. The highest BCUT2D eigenvalue weighted by Crippen LogP contribution is 2.42. The lowest BCUT2D eigenvalue weighted by molar-refractivity contribution is 0.416. The monoisotopic (exact) mass is 300 g/mol. The molecule has 21 heavy (non-hydrogen) atoms. The van der Waals surface area contributed by atoms with Gasteiger partial charge in [-0.05, 0) is 36.9 Å². The molecule has 0 aliphatic heterocycles. The van der Waals surface area contributed by atoms with E-state index in [1.807, 2.05) is 37.4 Å². The lowest BCUT2D eigenvalue weighted by Crippen LogP contribution is -1.93. The van der Waals surface area contributed by atoms with Crippen LogP contribution in [0.25, 0.3) is 22.5 Å². The molecule has 3 aromatic rings. The fraction of sp³-hybridized carbons (Fsp3) is 0.188. The largest absolute Gasteiger partial charge is 0.496 e. The van der Waals surface area contributed by atoms with Crippen molar-refractivity contribution in [1.29, 1.82) is 0 Å². The van der Waals surface area contributed by atoms with Gasteiger partial charge in [0.1, 0.15) is 5.75 Å². The fourth-order valence-corrected chi connectivity index (χ4v) is 3.19. The normalized spacial score (nSPS) is 10.8. The van der Waals surface area contributed by atoms with E-state index in [1.54, 1.807) is 18.4 Å². The van der Waals surface area contributed by atoms with Crippen LogP contribution in [0.3, 0.4) is 0 Å².